The van der Waals surface area contributed by atoms with Gasteiger partial charge in [0.05, 0.1) is 12.8 Å². The Bertz CT molecular complexity index is 1080. The van der Waals surface area contributed by atoms with Crippen LogP contribution in [0, 0.1) is 6.92 Å². The molecular formula is C25H29N5O2. The third-order valence-electron chi connectivity index (χ3n) is 5.93. The van der Waals surface area contributed by atoms with Crippen LogP contribution in [0.2, 0.25) is 0 Å². The van der Waals surface area contributed by atoms with E-state index in [0.717, 1.165) is 46.9 Å². The van der Waals surface area contributed by atoms with Gasteiger partial charge in [0.25, 0.3) is 5.91 Å². The molecule has 1 aliphatic rings. The van der Waals surface area contributed by atoms with Crippen LogP contribution in [0.3, 0.4) is 0 Å². The van der Waals surface area contributed by atoms with Crippen molar-refractivity contribution in [3.8, 4) is 17.0 Å². The van der Waals surface area contributed by atoms with Gasteiger partial charge < -0.3 is 15.4 Å². The number of pyridine rings is 1. The third kappa shape index (κ3) is 5.04. The highest BCUT2D eigenvalue weighted by molar-refractivity contribution is 5.95. The van der Waals surface area contributed by atoms with E-state index in [1.807, 2.05) is 49.5 Å². The Kier molecular flexibility index (Phi) is 6.63. The lowest BCUT2D eigenvalue weighted by Gasteiger charge is -2.26. The first-order valence-electron chi connectivity index (χ1n) is 11.0. The zero-order chi connectivity index (χ0) is 22.5. The minimum atomic E-state index is -0.0376. The van der Waals surface area contributed by atoms with Gasteiger partial charge in [-0.25, -0.2) is 9.97 Å². The third-order valence-corrected chi connectivity index (χ3v) is 5.93. The molecule has 7 heteroatoms. The molecule has 166 valence electrons. The van der Waals surface area contributed by atoms with Gasteiger partial charge in [0.1, 0.15) is 17.9 Å². The number of benzene rings is 1. The van der Waals surface area contributed by atoms with E-state index >= 15 is 0 Å². The average molecular weight is 432 g/mol. The lowest BCUT2D eigenvalue weighted by atomic mass is 9.92. The number of aromatic nitrogens is 3. The van der Waals surface area contributed by atoms with Gasteiger partial charge in [-0.1, -0.05) is 13.0 Å². The summed E-state index contributed by atoms with van der Waals surface area (Å²) >= 11 is 0. The van der Waals surface area contributed by atoms with E-state index in [1.54, 1.807) is 13.4 Å². The van der Waals surface area contributed by atoms with Crippen molar-refractivity contribution in [3.05, 3.63) is 65.7 Å². The quantitative estimate of drug-likeness (QED) is 0.551. The first kappa shape index (κ1) is 21.7. The summed E-state index contributed by atoms with van der Waals surface area (Å²) in [5, 5.41) is 6.46. The Balaban J connectivity index is 1.42. The van der Waals surface area contributed by atoms with Crippen LogP contribution in [0.25, 0.3) is 11.3 Å². The summed E-state index contributed by atoms with van der Waals surface area (Å²) in [4.78, 5) is 25.5. The number of ether oxygens (including phenoxy) is 1. The summed E-state index contributed by atoms with van der Waals surface area (Å²) in [7, 11) is 1.64. The molecule has 0 spiro atoms. The Morgan fingerprint density at radius 3 is 2.69 bits per heavy atom. The van der Waals surface area contributed by atoms with E-state index in [1.165, 1.54) is 6.42 Å². The highest BCUT2D eigenvalue weighted by atomic mass is 16.5. The molecule has 2 aromatic heterocycles. The summed E-state index contributed by atoms with van der Waals surface area (Å²) < 4.78 is 5.60. The van der Waals surface area contributed by atoms with Crippen molar-refractivity contribution in [2.45, 2.75) is 45.1 Å². The molecule has 7 nitrogen and oxygen atoms in total. The number of anilines is 1. The number of nitrogens with zero attached hydrogens (tertiary/aromatic N) is 3. The molecule has 0 aliphatic heterocycles. The number of carbonyl (C=O) groups is 1. The average Bonchev–Trinajstić information content (AvgIpc) is 2.80. The molecule has 1 aromatic carbocycles. The molecule has 0 saturated heterocycles. The summed E-state index contributed by atoms with van der Waals surface area (Å²) in [6.45, 7) is 4.73. The van der Waals surface area contributed by atoms with Crippen LogP contribution in [0.4, 0.5) is 5.82 Å². The van der Waals surface area contributed by atoms with Gasteiger partial charge in [-0.3, -0.25) is 9.78 Å². The predicted molar refractivity (Wildman–Crippen MR) is 125 cm³/mol. The minimum absolute atomic E-state index is 0.0376. The van der Waals surface area contributed by atoms with E-state index in [0.29, 0.717) is 18.2 Å². The number of hydrogen-bond acceptors (Lipinski definition) is 6. The monoisotopic (exact) mass is 431 g/mol. The van der Waals surface area contributed by atoms with Gasteiger partial charge in [0.15, 0.2) is 0 Å². The predicted octanol–water partition coefficient (Wildman–Crippen LogP) is 4.35. The van der Waals surface area contributed by atoms with Gasteiger partial charge in [-0.2, -0.15) is 0 Å². The first-order valence-corrected chi connectivity index (χ1v) is 11.0. The second-order valence-corrected chi connectivity index (χ2v) is 8.32. The van der Waals surface area contributed by atoms with E-state index in [4.69, 9.17) is 4.74 Å². The van der Waals surface area contributed by atoms with Gasteiger partial charge in [-0.05, 0) is 56.0 Å². The van der Waals surface area contributed by atoms with Gasteiger partial charge >= 0.3 is 0 Å². The molecule has 3 aromatic rings. The Morgan fingerprint density at radius 1 is 1.16 bits per heavy atom. The topological polar surface area (TPSA) is 89.0 Å². The highest BCUT2D eigenvalue weighted by Gasteiger charge is 2.21. The fourth-order valence-corrected chi connectivity index (χ4v) is 3.68. The van der Waals surface area contributed by atoms with E-state index in [-0.39, 0.29) is 11.8 Å². The molecule has 2 heterocycles. The second-order valence-electron chi connectivity index (χ2n) is 8.32. The van der Waals surface area contributed by atoms with Gasteiger partial charge in [-0.15, -0.1) is 0 Å². The van der Waals surface area contributed by atoms with Crippen molar-refractivity contribution in [2.24, 2.45) is 0 Å². The Morgan fingerprint density at radius 2 is 2.00 bits per heavy atom. The summed E-state index contributed by atoms with van der Waals surface area (Å²) in [6, 6.07) is 11.9. The molecule has 2 N–H and O–H groups in total. The summed E-state index contributed by atoms with van der Waals surface area (Å²) in [6.07, 6.45) is 6.69. The smallest absolute Gasteiger partial charge is 0.251 e. The van der Waals surface area contributed by atoms with E-state index < -0.39 is 0 Å². The van der Waals surface area contributed by atoms with Gasteiger partial charge in [0, 0.05) is 47.6 Å². The standard InChI is InChI=1S/C25H29N5O2/c1-16(13-27-24-12-22(28-15-29-24)19-8-7-17(2)26-14-19)21-10-9-18(11-23(21)32-3)25(31)30-20-5-4-6-20/h7-12,14-16,20H,4-6,13H2,1-3H3,(H,30,31)(H,27,28,29). The molecule has 0 bridgehead atoms. The van der Waals surface area contributed by atoms with Crippen LogP contribution >= 0.6 is 0 Å². The van der Waals surface area contributed by atoms with Crippen molar-refractivity contribution in [1.82, 2.24) is 20.3 Å². The SMILES string of the molecule is COc1cc(C(=O)NC2CCC2)ccc1C(C)CNc1cc(-c2ccc(C)nc2)ncn1. The van der Waals surface area contributed by atoms with Crippen LogP contribution in [0.5, 0.6) is 5.75 Å². The minimum Gasteiger partial charge on any atom is -0.496 e. The maximum atomic E-state index is 12.5. The van der Waals surface area contributed by atoms with Crippen molar-refractivity contribution in [1.29, 1.82) is 0 Å². The van der Waals surface area contributed by atoms with Crippen molar-refractivity contribution in [3.63, 3.8) is 0 Å². The zero-order valence-electron chi connectivity index (χ0n) is 18.8. The van der Waals surface area contributed by atoms with Gasteiger partial charge in [0.2, 0.25) is 0 Å². The molecule has 1 amide bonds. The molecule has 4 rings (SSSR count). The highest BCUT2D eigenvalue weighted by Crippen LogP contribution is 2.29. The number of methoxy groups -OCH3 is 1. The largest absolute Gasteiger partial charge is 0.496 e. The number of amides is 1. The number of rotatable bonds is 8. The lowest BCUT2D eigenvalue weighted by Crippen LogP contribution is -2.39. The van der Waals surface area contributed by atoms with Crippen LogP contribution in [0.15, 0.2) is 48.9 Å². The lowest BCUT2D eigenvalue weighted by molar-refractivity contribution is 0.0916. The molecule has 0 radical (unpaired) electrons. The number of aryl methyl sites for hydroxylation is 1. The molecule has 1 saturated carbocycles. The van der Waals surface area contributed by atoms with Crippen molar-refractivity contribution >= 4 is 11.7 Å². The fraction of sp³-hybridized carbons (Fsp3) is 0.360. The first-order chi connectivity index (χ1) is 15.5. The zero-order valence-corrected chi connectivity index (χ0v) is 18.8. The van der Waals surface area contributed by atoms with E-state index in [2.05, 4.69) is 32.5 Å². The Hall–Kier alpha value is -3.48. The second kappa shape index (κ2) is 9.77. The maximum Gasteiger partial charge on any atom is 0.251 e. The van der Waals surface area contributed by atoms with Crippen LogP contribution < -0.4 is 15.4 Å². The summed E-state index contributed by atoms with van der Waals surface area (Å²) in [5.74, 6) is 1.57. The normalized spacial score (nSPS) is 14.3. The van der Waals surface area contributed by atoms with Crippen LogP contribution in [-0.4, -0.2) is 40.6 Å². The molecule has 1 unspecified atom stereocenters. The molecule has 32 heavy (non-hydrogen) atoms. The number of hydrogen-bond donors (Lipinski definition) is 2. The molecular weight excluding hydrogens is 402 g/mol. The molecule has 1 aliphatic carbocycles. The van der Waals surface area contributed by atoms with Crippen LogP contribution in [0.1, 0.15) is 53.7 Å². The maximum absolute atomic E-state index is 12.5. The van der Waals surface area contributed by atoms with E-state index in [9.17, 15) is 4.79 Å². The van der Waals surface area contributed by atoms with Crippen molar-refractivity contribution in [2.75, 3.05) is 19.0 Å². The number of nitrogens with one attached hydrogen (secondary N) is 2. The molecule has 1 atom stereocenters. The fourth-order valence-electron chi connectivity index (χ4n) is 3.68. The summed E-state index contributed by atoms with van der Waals surface area (Å²) in [5.41, 5.74) is 4.41. The van der Waals surface area contributed by atoms with Crippen LogP contribution in [-0.2, 0) is 0 Å². The van der Waals surface area contributed by atoms with Crippen molar-refractivity contribution < 1.29 is 9.53 Å². The number of carbonyl (C=O) groups excluding carboxylic acids is 1. The molecule has 1 fully saturated rings. The Labute approximate surface area is 188 Å².